The normalized spacial score (nSPS) is 24.1. The number of nitrogens with one attached hydrogen (secondary N) is 1. The summed E-state index contributed by atoms with van der Waals surface area (Å²) < 4.78 is 32.3. The van der Waals surface area contributed by atoms with Crippen molar-refractivity contribution in [2.45, 2.75) is 24.0 Å². The molecule has 0 amide bonds. The quantitative estimate of drug-likeness (QED) is 0.847. The summed E-state index contributed by atoms with van der Waals surface area (Å²) in [6, 6.07) is 7.35. The molecule has 0 radical (unpaired) electrons. The van der Waals surface area contributed by atoms with Crippen LogP contribution in [0.25, 0.3) is 0 Å². The van der Waals surface area contributed by atoms with Crippen LogP contribution in [-0.4, -0.2) is 70.0 Å². The number of rotatable bonds is 5. The monoisotopic (exact) mass is 339 g/mol. The largest absolute Gasteiger partial charge is 0.380 e. The fourth-order valence-electron chi connectivity index (χ4n) is 3.35. The Bertz CT molecular complexity index is 612. The molecule has 7 heteroatoms. The first-order valence-corrected chi connectivity index (χ1v) is 9.58. The van der Waals surface area contributed by atoms with Crippen molar-refractivity contribution in [3.63, 3.8) is 0 Å². The minimum atomic E-state index is -3.39. The molecule has 23 heavy (non-hydrogen) atoms. The van der Waals surface area contributed by atoms with Gasteiger partial charge in [0, 0.05) is 52.4 Å². The molecule has 2 aliphatic rings. The Morgan fingerprint density at radius 3 is 2.52 bits per heavy atom. The summed E-state index contributed by atoms with van der Waals surface area (Å²) in [6.07, 6.45) is 0.918. The maximum absolute atomic E-state index is 12.8. The molecule has 1 atom stereocenters. The zero-order valence-electron chi connectivity index (χ0n) is 13.6. The Hall–Kier alpha value is -0.990. The van der Waals surface area contributed by atoms with E-state index in [1.165, 1.54) is 0 Å². The van der Waals surface area contributed by atoms with E-state index in [-0.39, 0.29) is 0 Å². The van der Waals surface area contributed by atoms with Gasteiger partial charge in [-0.25, -0.2) is 8.42 Å². The second kappa shape index (κ2) is 7.27. The molecule has 2 fully saturated rings. The lowest BCUT2D eigenvalue weighted by Gasteiger charge is -2.32. The van der Waals surface area contributed by atoms with Gasteiger partial charge >= 0.3 is 0 Å². The van der Waals surface area contributed by atoms with E-state index in [0.717, 1.165) is 38.2 Å². The Morgan fingerprint density at radius 2 is 1.87 bits per heavy atom. The number of piperazine rings is 1. The van der Waals surface area contributed by atoms with Crippen LogP contribution in [0.4, 0.5) is 0 Å². The maximum Gasteiger partial charge on any atom is 0.243 e. The molecular formula is C16H25N3O3S. The summed E-state index contributed by atoms with van der Waals surface area (Å²) in [5.41, 5.74) is 0.978. The van der Waals surface area contributed by atoms with E-state index in [1.54, 1.807) is 23.5 Å². The van der Waals surface area contributed by atoms with Crippen LogP contribution >= 0.6 is 0 Å². The minimum absolute atomic E-state index is 0.347. The van der Waals surface area contributed by atoms with Crippen molar-refractivity contribution >= 4 is 10.0 Å². The Balaban J connectivity index is 1.67. The van der Waals surface area contributed by atoms with Gasteiger partial charge in [0.15, 0.2) is 0 Å². The molecule has 6 nitrogen and oxygen atoms in total. The molecule has 2 aliphatic heterocycles. The Morgan fingerprint density at radius 1 is 1.17 bits per heavy atom. The third-order valence-corrected chi connectivity index (χ3v) is 6.55. The molecule has 128 valence electrons. The number of nitrogens with zero attached hydrogens (tertiary/aromatic N) is 2. The standard InChI is InChI=1S/C16H25N3O3S/c1-22-13-14-2-4-16(5-3-14)23(20,21)19-9-6-15(12-19)18-10-7-17-8-11-18/h2-5,15,17H,6-13H2,1H3. The number of methoxy groups -OCH3 is 1. The Kier molecular flexibility index (Phi) is 5.33. The zero-order valence-corrected chi connectivity index (χ0v) is 14.4. The van der Waals surface area contributed by atoms with Crippen molar-refractivity contribution < 1.29 is 13.2 Å². The maximum atomic E-state index is 12.8. The van der Waals surface area contributed by atoms with E-state index in [2.05, 4.69) is 10.2 Å². The molecule has 0 bridgehead atoms. The SMILES string of the molecule is COCc1ccc(S(=O)(=O)N2CCC(N3CCNCC3)C2)cc1. The third-order valence-electron chi connectivity index (χ3n) is 4.67. The summed E-state index contributed by atoms with van der Waals surface area (Å²) in [7, 11) is -1.76. The van der Waals surface area contributed by atoms with Crippen LogP contribution in [-0.2, 0) is 21.4 Å². The second-order valence-corrected chi connectivity index (χ2v) is 8.11. The van der Waals surface area contributed by atoms with Crippen LogP contribution < -0.4 is 5.32 Å². The van der Waals surface area contributed by atoms with E-state index in [0.29, 0.717) is 30.6 Å². The van der Waals surface area contributed by atoms with Gasteiger partial charge < -0.3 is 10.1 Å². The van der Waals surface area contributed by atoms with E-state index in [9.17, 15) is 8.42 Å². The average Bonchev–Trinajstić information content (AvgIpc) is 3.07. The highest BCUT2D eigenvalue weighted by Crippen LogP contribution is 2.24. The molecule has 0 aromatic heterocycles. The molecule has 0 spiro atoms. The highest BCUT2D eigenvalue weighted by molar-refractivity contribution is 7.89. The first kappa shape index (κ1) is 16.9. The number of sulfonamides is 1. The molecule has 0 aliphatic carbocycles. The van der Waals surface area contributed by atoms with Gasteiger partial charge in [-0.15, -0.1) is 0 Å². The van der Waals surface area contributed by atoms with Gasteiger partial charge in [-0.3, -0.25) is 4.90 Å². The van der Waals surface area contributed by atoms with Crippen LogP contribution in [0.3, 0.4) is 0 Å². The van der Waals surface area contributed by atoms with Gasteiger partial charge in [0.1, 0.15) is 0 Å². The van der Waals surface area contributed by atoms with Crippen LogP contribution in [0.2, 0.25) is 0 Å². The van der Waals surface area contributed by atoms with Gasteiger partial charge in [-0.05, 0) is 24.1 Å². The smallest absolute Gasteiger partial charge is 0.243 e. The lowest BCUT2D eigenvalue weighted by molar-refractivity contribution is 0.179. The molecule has 2 heterocycles. The molecule has 0 saturated carbocycles. The van der Waals surface area contributed by atoms with Gasteiger partial charge in [-0.1, -0.05) is 12.1 Å². The summed E-state index contributed by atoms with van der Waals surface area (Å²) in [5.74, 6) is 0. The lowest BCUT2D eigenvalue weighted by Crippen LogP contribution is -2.49. The van der Waals surface area contributed by atoms with E-state index < -0.39 is 10.0 Å². The fourth-order valence-corrected chi connectivity index (χ4v) is 4.84. The number of benzene rings is 1. The van der Waals surface area contributed by atoms with E-state index in [1.807, 2.05) is 12.1 Å². The summed E-state index contributed by atoms with van der Waals surface area (Å²) in [5, 5.41) is 3.34. The van der Waals surface area contributed by atoms with Crippen molar-refractivity contribution in [2.24, 2.45) is 0 Å². The number of hydrogen-bond donors (Lipinski definition) is 1. The molecule has 1 aromatic rings. The van der Waals surface area contributed by atoms with Gasteiger partial charge in [0.25, 0.3) is 0 Å². The predicted octanol–water partition coefficient (Wildman–Crippen LogP) is 0.501. The number of hydrogen-bond acceptors (Lipinski definition) is 5. The van der Waals surface area contributed by atoms with E-state index in [4.69, 9.17) is 4.74 Å². The zero-order chi connectivity index (χ0) is 16.3. The predicted molar refractivity (Wildman–Crippen MR) is 88.8 cm³/mol. The molecular weight excluding hydrogens is 314 g/mol. The summed E-state index contributed by atoms with van der Waals surface area (Å²) in [4.78, 5) is 2.78. The first-order valence-electron chi connectivity index (χ1n) is 8.14. The van der Waals surface area contributed by atoms with Crippen LogP contribution in [0.5, 0.6) is 0 Å². The first-order chi connectivity index (χ1) is 11.1. The summed E-state index contributed by atoms with van der Waals surface area (Å²) >= 11 is 0. The highest BCUT2D eigenvalue weighted by atomic mass is 32.2. The molecule has 2 saturated heterocycles. The topological polar surface area (TPSA) is 61.9 Å². The van der Waals surface area contributed by atoms with Gasteiger partial charge in [0.2, 0.25) is 10.0 Å². The molecule has 1 N–H and O–H groups in total. The lowest BCUT2D eigenvalue weighted by atomic mass is 10.2. The summed E-state index contributed by atoms with van der Waals surface area (Å²) in [6.45, 7) is 5.69. The molecule has 3 rings (SSSR count). The number of ether oxygens (including phenoxy) is 1. The highest BCUT2D eigenvalue weighted by Gasteiger charge is 2.35. The van der Waals surface area contributed by atoms with E-state index >= 15 is 0 Å². The fraction of sp³-hybridized carbons (Fsp3) is 0.625. The second-order valence-electron chi connectivity index (χ2n) is 6.17. The van der Waals surface area contributed by atoms with Crippen LogP contribution in [0, 0.1) is 0 Å². The van der Waals surface area contributed by atoms with Crippen LogP contribution in [0.15, 0.2) is 29.2 Å². The molecule has 1 unspecified atom stereocenters. The average molecular weight is 339 g/mol. The van der Waals surface area contributed by atoms with Crippen molar-refractivity contribution in [3.8, 4) is 0 Å². The van der Waals surface area contributed by atoms with Crippen LogP contribution in [0.1, 0.15) is 12.0 Å². The third kappa shape index (κ3) is 3.75. The van der Waals surface area contributed by atoms with Gasteiger partial charge in [0.05, 0.1) is 11.5 Å². The Labute approximate surface area is 138 Å². The van der Waals surface area contributed by atoms with Gasteiger partial charge in [-0.2, -0.15) is 4.31 Å². The molecule has 1 aromatic carbocycles. The van der Waals surface area contributed by atoms with Crippen molar-refractivity contribution in [3.05, 3.63) is 29.8 Å². The minimum Gasteiger partial charge on any atom is -0.380 e. The van der Waals surface area contributed by atoms with Crippen molar-refractivity contribution in [2.75, 3.05) is 46.4 Å². The van der Waals surface area contributed by atoms with Crippen molar-refractivity contribution in [1.82, 2.24) is 14.5 Å². The van der Waals surface area contributed by atoms with Crippen molar-refractivity contribution in [1.29, 1.82) is 0 Å².